The normalized spacial score (nSPS) is 11.7. The van der Waals surface area contributed by atoms with E-state index in [1.807, 2.05) is 0 Å². The van der Waals surface area contributed by atoms with Crippen molar-refractivity contribution >= 4 is 86.2 Å². The van der Waals surface area contributed by atoms with Crippen molar-refractivity contribution in [3.05, 3.63) is 321 Å². The van der Waals surface area contributed by atoms with Crippen molar-refractivity contribution in [3.63, 3.8) is 0 Å². The maximum absolute atomic E-state index is 2.33. The second-order valence-corrected chi connectivity index (χ2v) is 24.1. The SMILES string of the molecule is Cc1c2ccccc2c(C)c2ccccc12.Cc1c2ccccc2cc2ccccc12.Cc1ccc2c(c1)Cc1c-2ccc2cc(C)ccc12.Cc1ccc2c(c1)Cc1cc(C)ccc1-2.Cc1ccc2c3ccc(C)cc3c3ccccc3c2c1. The Morgan fingerprint density at radius 2 is 0.482 bits per heavy atom. The summed E-state index contributed by atoms with van der Waals surface area (Å²) in [6, 6.07) is 90.6. The lowest BCUT2D eigenvalue weighted by molar-refractivity contribution is 1.24. The lowest BCUT2D eigenvalue weighted by atomic mass is 9.93. The topological polar surface area (TPSA) is 0 Å². The van der Waals surface area contributed by atoms with Gasteiger partial charge in [0.05, 0.1) is 0 Å². The number of benzene rings is 15. The molecule has 0 radical (unpaired) electrons. The van der Waals surface area contributed by atoms with E-state index in [2.05, 4.69) is 311 Å². The molecule has 15 aromatic carbocycles. The van der Waals surface area contributed by atoms with Crippen molar-refractivity contribution in [1.29, 1.82) is 0 Å². The van der Waals surface area contributed by atoms with Crippen LogP contribution in [-0.4, -0.2) is 0 Å². The summed E-state index contributed by atoms with van der Waals surface area (Å²) < 4.78 is 0. The molecule has 0 heterocycles. The molecule has 17 rings (SSSR count). The second-order valence-electron chi connectivity index (χ2n) is 24.1. The van der Waals surface area contributed by atoms with Crippen molar-refractivity contribution in [1.82, 2.24) is 0 Å². The van der Waals surface area contributed by atoms with E-state index < -0.39 is 0 Å². The molecule has 0 amide bonds. The maximum atomic E-state index is 2.33. The second kappa shape index (κ2) is 22.9. The molecule has 0 aliphatic heterocycles. The highest BCUT2D eigenvalue weighted by molar-refractivity contribution is 6.25. The highest BCUT2D eigenvalue weighted by atomic mass is 14.2. The van der Waals surface area contributed by atoms with Gasteiger partial charge < -0.3 is 0 Å². The van der Waals surface area contributed by atoms with Gasteiger partial charge in [0.15, 0.2) is 0 Å². The van der Waals surface area contributed by atoms with E-state index in [9.17, 15) is 0 Å². The van der Waals surface area contributed by atoms with Gasteiger partial charge in [-0.15, -0.1) is 0 Å². The van der Waals surface area contributed by atoms with Crippen LogP contribution < -0.4 is 0 Å². The number of aryl methyl sites for hydroxylation is 9. The summed E-state index contributed by atoms with van der Waals surface area (Å²) in [5.74, 6) is 0. The Labute approximate surface area is 501 Å². The van der Waals surface area contributed by atoms with E-state index in [0.29, 0.717) is 0 Å². The maximum Gasteiger partial charge on any atom is -0.000719 e. The highest BCUT2D eigenvalue weighted by Crippen LogP contribution is 2.42. The predicted molar refractivity (Wildman–Crippen MR) is 371 cm³/mol. The Hall–Kier alpha value is -9.62. The Morgan fingerprint density at radius 1 is 0.188 bits per heavy atom. The highest BCUT2D eigenvalue weighted by Gasteiger charge is 2.21. The first kappa shape index (κ1) is 54.6. The average molecular weight is 1090 g/mol. The van der Waals surface area contributed by atoms with Crippen LogP contribution in [0.25, 0.3) is 108 Å². The Morgan fingerprint density at radius 3 is 0.929 bits per heavy atom. The molecule has 2 aliphatic rings. The third-order valence-electron chi connectivity index (χ3n) is 18.1. The fourth-order valence-electron chi connectivity index (χ4n) is 13.7. The van der Waals surface area contributed by atoms with Crippen LogP contribution in [0.3, 0.4) is 0 Å². The minimum atomic E-state index is 1.08. The third kappa shape index (κ3) is 10.5. The first-order valence-electron chi connectivity index (χ1n) is 30.2. The third-order valence-corrected chi connectivity index (χ3v) is 18.1. The van der Waals surface area contributed by atoms with E-state index in [1.165, 1.54) is 181 Å². The summed E-state index contributed by atoms with van der Waals surface area (Å²) in [5.41, 5.74) is 23.8. The van der Waals surface area contributed by atoms with Crippen molar-refractivity contribution in [2.24, 2.45) is 0 Å². The van der Waals surface area contributed by atoms with Crippen LogP contribution in [0.4, 0.5) is 0 Å². The molecule has 412 valence electrons. The van der Waals surface area contributed by atoms with Crippen molar-refractivity contribution in [3.8, 4) is 22.3 Å². The molecule has 0 fully saturated rings. The zero-order chi connectivity index (χ0) is 58.5. The Kier molecular flexibility index (Phi) is 14.7. The van der Waals surface area contributed by atoms with Gasteiger partial charge in [-0.1, -0.05) is 276 Å². The van der Waals surface area contributed by atoms with Crippen LogP contribution in [0.2, 0.25) is 0 Å². The predicted octanol–water partition coefficient (Wildman–Crippen LogP) is 23.6. The summed E-state index contributed by atoms with van der Waals surface area (Å²) in [7, 11) is 0. The molecule has 0 spiro atoms. The zero-order valence-electron chi connectivity index (χ0n) is 50.6. The smallest absolute Gasteiger partial charge is 0.000719 e. The standard InChI is InChI=1S/C20H16.C19H16.C16H14.C15H14.C15H12/c1-13-7-9-17-18-10-8-14(2)12-20(18)16-6-4-3-5-15(16)19(17)11-13;1-12-3-6-16-14(9-12)5-8-18-17-7-4-13(2)10-15(17)11-19(16)18;1-11-13-7-3-5-9-15(13)12(2)16-10-6-4-8-14(11)16;1-10-3-5-14-12(7-10)9-13-8-11(2)4-6-15(13)14;1-11-14-8-4-2-6-12(14)10-13-7-3-5-9-15(11)13/h3-12H,1-2H3;3-10H,11H2,1-2H3;3-10H,1-2H3;3-8H,9H2,1-2H3;2-10H,1H3. The monoisotopic (exact) mass is 1090 g/mol. The molecule has 0 unspecified atom stereocenters. The van der Waals surface area contributed by atoms with E-state index in [1.54, 1.807) is 0 Å². The fraction of sp³-hybridized carbons (Fsp3) is 0.129. The molecule has 0 N–H and O–H groups in total. The molecule has 85 heavy (non-hydrogen) atoms. The number of fused-ring (bicyclic) bond motifs is 18. The van der Waals surface area contributed by atoms with Gasteiger partial charge in [0, 0.05) is 0 Å². The van der Waals surface area contributed by atoms with Crippen LogP contribution in [0.15, 0.2) is 249 Å². The molecule has 0 saturated carbocycles. The molecular formula is C85H72. The minimum absolute atomic E-state index is 1.08. The van der Waals surface area contributed by atoms with Gasteiger partial charge in [-0.25, -0.2) is 0 Å². The summed E-state index contributed by atoms with van der Waals surface area (Å²) in [4.78, 5) is 0. The van der Waals surface area contributed by atoms with Crippen LogP contribution in [-0.2, 0) is 12.8 Å². The van der Waals surface area contributed by atoms with Crippen molar-refractivity contribution < 1.29 is 0 Å². The largest absolute Gasteiger partial charge is 0.0616 e. The Balaban J connectivity index is 0.0000000993. The van der Waals surface area contributed by atoms with E-state index in [4.69, 9.17) is 0 Å². The molecule has 0 nitrogen and oxygen atoms in total. The first-order valence-corrected chi connectivity index (χ1v) is 30.2. The molecule has 0 heteroatoms. The van der Waals surface area contributed by atoms with Crippen LogP contribution in [0.5, 0.6) is 0 Å². The number of hydrogen-bond acceptors (Lipinski definition) is 0. The fourth-order valence-corrected chi connectivity index (χ4v) is 13.7. The van der Waals surface area contributed by atoms with Crippen LogP contribution in [0.1, 0.15) is 72.3 Å². The summed E-state index contributed by atoms with van der Waals surface area (Å²) in [5, 5.41) is 21.8. The molecule has 15 aromatic rings. The van der Waals surface area contributed by atoms with Gasteiger partial charge in [-0.05, 0) is 229 Å². The van der Waals surface area contributed by atoms with Crippen LogP contribution in [0, 0.1) is 62.3 Å². The van der Waals surface area contributed by atoms with Gasteiger partial charge in [0.1, 0.15) is 0 Å². The molecule has 0 atom stereocenters. The van der Waals surface area contributed by atoms with E-state index >= 15 is 0 Å². The average Bonchev–Trinajstić information content (AvgIpc) is 4.27. The lowest BCUT2D eigenvalue weighted by Crippen LogP contribution is -1.87. The van der Waals surface area contributed by atoms with Crippen molar-refractivity contribution in [2.45, 2.75) is 75.2 Å². The first-order chi connectivity index (χ1) is 41.3. The molecule has 0 bridgehead atoms. The lowest BCUT2D eigenvalue weighted by Gasteiger charge is -2.11. The van der Waals surface area contributed by atoms with Gasteiger partial charge >= 0.3 is 0 Å². The Bertz CT molecular complexity index is 4780. The summed E-state index contributed by atoms with van der Waals surface area (Å²) in [6.07, 6.45) is 2.18. The van der Waals surface area contributed by atoms with Gasteiger partial charge in [0.25, 0.3) is 0 Å². The number of hydrogen-bond donors (Lipinski definition) is 0. The van der Waals surface area contributed by atoms with Crippen LogP contribution >= 0.6 is 0 Å². The minimum Gasteiger partial charge on any atom is -0.0616 e. The zero-order valence-corrected chi connectivity index (χ0v) is 50.6. The molecule has 0 saturated heterocycles. The van der Waals surface area contributed by atoms with Gasteiger partial charge in [0.2, 0.25) is 0 Å². The quantitative estimate of drug-likeness (QED) is 0.105. The number of rotatable bonds is 0. The summed E-state index contributed by atoms with van der Waals surface area (Å²) >= 11 is 0. The van der Waals surface area contributed by atoms with Gasteiger partial charge in [-0.3, -0.25) is 0 Å². The van der Waals surface area contributed by atoms with Gasteiger partial charge in [-0.2, -0.15) is 0 Å². The molecule has 0 aromatic heterocycles. The van der Waals surface area contributed by atoms with Crippen molar-refractivity contribution in [2.75, 3.05) is 0 Å². The van der Waals surface area contributed by atoms with E-state index in [0.717, 1.165) is 12.8 Å². The molecular weight excluding hydrogens is 1020 g/mol. The van der Waals surface area contributed by atoms with E-state index in [-0.39, 0.29) is 0 Å². The molecule has 2 aliphatic carbocycles. The summed E-state index contributed by atoms with van der Waals surface area (Å²) in [6.45, 7) is 19.6.